The van der Waals surface area contributed by atoms with Crippen LogP contribution in [0.15, 0.2) is 29.2 Å². The van der Waals surface area contributed by atoms with Crippen LogP contribution < -0.4 is 5.32 Å². The van der Waals surface area contributed by atoms with Crippen molar-refractivity contribution in [2.75, 3.05) is 13.1 Å². The van der Waals surface area contributed by atoms with E-state index < -0.39 is 10.0 Å². The number of Topliss-reactive ketones (excluding diaryl/α,β-unsaturated/α-hetero) is 1. The van der Waals surface area contributed by atoms with Crippen molar-refractivity contribution in [2.45, 2.75) is 51.0 Å². The first kappa shape index (κ1) is 19.6. The van der Waals surface area contributed by atoms with Gasteiger partial charge in [0.15, 0.2) is 5.78 Å². The van der Waals surface area contributed by atoms with Crippen molar-refractivity contribution in [3.63, 3.8) is 0 Å². The summed E-state index contributed by atoms with van der Waals surface area (Å²) in [6.45, 7) is 7.86. The number of carbonyl (C=O) groups excluding carboxylic acids is 2. The molecule has 0 saturated carbocycles. The molecule has 1 aromatic carbocycles. The van der Waals surface area contributed by atoms with E-state index in [9.17, 15) is 18.0 Å². The highest BCUT2D eigenvalue weighted by molar-refractivity contribution is 7.89. The van der Waals surface area contributed by atoms with E-state index in [-0.39, 0.29) is 28.0 Å². The van der Waals surface area contributed by atoms with E-state index >= 15 is 0 Å². The van der Waals surface area contributed by atoms with Crippen molar-refractivity contribution in [2.24, 2.45) is 5.92 Å². The standard InChI is InChI=1S/C18H26N2O4S/c1-13(21)14-5-7-16(8-6-14)25(23,24)20-11-9-15(10-12-20)17(22)19-18(2,3)4/h5-8,15H,9-12H2,1-4H3,(H,19,22). The van der Waals surface area contributed by atoms with E-state index in [2.05, 4.69) is 5.32 Å². The van der Waals surface area contributed by atoms with Crippen LogP contribution in [0.5, 0.6) is 0 Å². The van der Waals surface area contributed by atoms with E-state index in [0.717, 1.165) is 0 Å². The Balaban J connectivity index is 2.03. The van der Waals surface area contributed by atoms with Crippen LogP contribution >= 0.6 is 0 Å². The molecule has 7 heteroatoms. The van der Waals surface area contributed by atoms with Gasteiger partial charge in [-0.05, 0) is 52.7 Å². The van der Waals surface area contributed by atoms with E-state index in [1.807, 2.05) is 20.8 Å². The molecule has 0 spiro atoms. The van der Waals surface area contributed by atoms with Crippen molar-refractivity contribution >= 4 is 21.7 Å². The number of amides is 1. The van der Waals surface area contributed by atoms with Gasteiger partial charge in [0.25, 0.3) is 0 Å². The minimum atomic E-state index is -3.60. The Bertz CT molecular complexity index is 740. The molecule has 138 valence electrons. The summed E-state index contributed by atoms with van der Waals surface area (Å²) in [4.78, 5) is 23.7. The van der Waals surface area contributed by atoms with Crippen LogP contribution in [0.4, 0.5) is 0 Å². The van der Waals surface area contributed by atoms with Crippen LogP contribution in [-0.2, 0) is 14.8 Å². The molecule has 0 atom stereocenters. The van der Waals surface area contributed by atoms with Gasteiger partial charge in [-0.3, -0.25) is 9.59 Å². The Morgan fingerprint density at radius 2 is 1.60 bits per heavy atom. The zero-order valence-corrected chi connectivity index (χ0v) is 16.0. The second-order valence-corrected chi connectivity index (χ2v) is 9.44. The van der Waals surface area contributed by atoms with Gasteiger partial charge < -0.3 is 5.32 Å². The first-order valence-corrected chi connectivity index (χ1v) is 9.88. The summed E-state index contributed by atoms with van der Waals surface area (Å²) >= 11 is 0. The fraction of sp³-hybridized carbons (Fsp3) is 0.556. The monoisotopic (exact) mass is 366 g/mol. The summed E-state index contributed by atoms with van der Waals surface area (Å²) in [5.74, 6) is -0.282. The summed E-state index contributed by atoms with van der Waals surface area (Å²) in [6, 6.07) is 5.98. The van der Waals surface area contributed by atoms with Crippen molar-refractivity contribution in [3.8, 4) is 0 Å². The Hall–Kier alpha value is -1.73. The minimum absolute atomic E-state index is 0.0182. The number of piperidine rings is 1. The summed E-state index contributed by atoms with van der Waals surface area (Å²) in [7, 11) is -3.60. The average molecular weight is 366 g/mol. The van der Waals surface area contributed by atoms with Crippen LogP contribution in [0.1, 0.15) is 50.9 Å². The van der Waals surface area contributed by atoms with Crippen LogP contribution in [0.25, 0.3) is 0 Å². The third kappa shape index (κ3) is 4.89. The molecule has 0 aromatic heterocycles. The van der Waals surface area contributed by atoms with Crippen LogP contribution in [0, 0.1) is 5.92 Å². The molecule has 1 N–H and O–H groups in total. The first-order chi connectivity index (χ1) is 11.5. The molecular weight excluding hydrogens is 340 g/mol. The number of rotatable bonds is 4. The summed E-state index contributed by atoms with van der Waals surface area (Å²) in [6.07, 6.45) is 1.01. The van der Waals surface area contributed by atoms with Gasteiger partial charge in [-0.2, -0.15) is 4.31 Å². The van der Waals surface area contributed by atoms with Gasteiger partial charge in [0.1, 0.15) is 0 Å². The maximum Gasteiger partial charge on any atom is 0.243 e. The Labute approximate surface area is 149 Å². The number of benzene rings is 1. The van der Waals surface area contributed by atoms with Gasteiger partial charge in [-0.15, -0.1) is 0 Å². The molecule has 1 aromatic rings. The van der Waals surface area contributed by atoms with Gasteiger partial charge in [-0.25, -0.2) is 8.42 Å². The SMILES string of the molecule is CC(=O)c1ccc(S(=O)(=O)N2CCC(C(=O)NC(C)(C)C)CC2)cc1. The highest BCUT2D eigenvalue weighted by atomic mass is 32.2. The van der Waals surface area contributed by atoms with Crippen molar-refractivity contribution in [1.29, 1.82) is 0 Å². The molecule has 0 bridgehead atoms. The maximum atomic E-state index is 12.7. The van der Waals surface area contributed by atoms with Crippen LogP contribution in [0.2, 0.25) is 0 Å². The van der Waals surface area contributed by atoms with Crippen molar-refractivity contribution in [1.82, 2.24) is 9.62 Å². The fourth-order valence-electron chi connectivity index (χ4n) is 2.84. The molecule has 0 radical (unpaired) electrons. The van der Waals surface area contributed by atoms with Crippen LogP contribution in [0.3, 0.4) is 0 Å². The topological polar surface area (TPSA) is 83.6 Å². The molecule has 0 unspecified atom stereocenters. The number of nitrogens with one attached hydrogen (secondary N) is 1. The van der Waals surface area contributed by atoms with Gasteiger partial charge in [-0.1, -0.05) is 12.1 Å². The fourth-order valence-corrected chi connectivity index (χ4v) is 4.31. The third-order valence-corrected chi connectivity index (χ3v) is 6.13. The Kier molecular flexibility index (Phi) is 5.68. The second kappa shape index (κ2) is 7.25. The number of hydrogen-bond acceptors (Lipinski definition) is 4. The normalized spacial score (nSPS) is 17.3. The number of nitrogens with zero attached hydrogens (tertiary/aromatic N) is 1. The highest BCUT2D eigenvalue weighted by Crippen LogP contribution is 2.24. The number of ketones is 1. The minimum Gasteiger partial charge on any atom is -0.351 e. The molecule has 2 rings (SSSR count). The number of sulfonamides is 1. The van der Waals surface area contributed by atoms with E-state index in [0.29, 0.717) is 31.5 Å². The molecule has 0 aliphatic carbocycles. The number of hydrogen-bond donors (Lipinski definition) is 1. The lowest BCUT2D eigenvalue weighted by Crippen LogP contribution is -2.47. The predicted octanol–water partition coefficient (Wildman–Crippen LogP) is 2.20. The van der Waals surface area contributed by atoms with Gasteiger partial charge in [0.05, 0.1) is 4.90 Å². The lowest BCUT2D eigenvalue weighted by molar-refractivity contribution is -0.127. The lowest BCUT2D eigenvalue weighted by Gasteiger charge is -2.32. The summed E-state index contributed by atoms with van der Waals surface area (Å²) < 4.78 is 26.8. The molecular formula is C18H26N2O4S. The lowest BCUT2D eigenvalue weighted by atomic mass is 9.96. The second-order valence-electron chi connectivity index (χ2n) is 7.50. The Morgan fingerprint density at radius 1 is 1.08 bits per heavy atom. The van der Waals surface area contributed by atoms with Crippen molar-refractivity contribution in [3.05, 3.63) is 29.8 Å². The van der Waals surface area contributed by atoms with Crippen LogP contribution in [-0.4, -0.2) is 43.0 Å². The smallest absolute Gasteiger partial charge is 0.243 e. The molecule has 1 saturated heterocycles. The van der Waals surface area contributed by atoms with E-state index in [1.54, 1.807) is 0 Å². The molecule has 25 heavy (non-hydrogen) atoms. The molecule has 1 aliphatic rings. The van der Waals surface area contributed by atoms with Crippen molar-refractivity contribution < 1.29 is 18.0 Å². The summed E-state index contributed by atoms with van der Waals surface area (Å²) in [5.41, 5.74) is 0.190. The van der Waals surface area contributed by atoms with Gasteiger partial charge in [0, 0.05) is 30.1 Å². The molecule has 6 nitrogen and oxygen atoms in total. The summed E-state index contributed by atoms with van der Waals surface area (Å²) in [5, 5.41) is 2.95. The van der Waals surface area contributed by atoms with Gasteiger partial charge >= 0.3 is 0 Å². The maximum absolute atomic E-state index is 12.7. The third-order valence-electron chi connectivity index (χ3n) is 4.22. The van der Waals surface area contributed by atoms with E-state index in [1.165, 1.54) is 35.5 Å². The molecule has 1 heterocycles. The van der Waals surface area contributed by atoms with Gasteiger partial charge in [0.2, 0.25) is 15.9 Å². The molecule has 1 amide bonds. The Morgan fingerprint density at radius 3 is 2.04 bits per heavy atom. The largest absolute Gasteiger partial charge is 0.351 e. The average Bonchev–Trinajstić information content (AvgIpc) is 2.53. The quantitative estimate of drug-likeness (QED) is 0.828. The zero-order chi connectivity index (χ0) is 18.8. The molecule has 1 aliphatic heterocycles. The zero-order valence-electron chi connectivity index (χ0n) is 15.2. The molecule has 1 fully saturated rings. The first-order valence-electron chi connectivity index (χ1n) is 8.44. The predicted molar refractivity (Wildman–Crippen MR) is 95.8 cm³/mol. The highest BCUT2D eigenvalue weighted by Gasteiger charge is 2.33. The number of carbonyl (C=O) groups is 2. The van der Waals surface area contributed by atoms with E-state index in [4.69, 9.17) is 0 Å².